The van der Waals surface area contributed by atoms with Crippen LogP contribution in [0.25, 0.3) is 0 Å². The van der Waals surface area contributed by atoms with Gasteiger partial charge in [-0.3, -0.25) is 0 Å². The number of esters is 1. The highest BCUT2D eigenvalue weighted by atomic mass is 16.7. The van der Waals surface area contributed by atoms with Gasteiger partial charge in [-0.1, -0.05) is 6.92 Å². The largest absolute Gasteiger partial charge is 0.458 e. The van der Waals surface area contributed by atoms with Gasteiger partial charge in [0.2, 0.25) is 0 Å². The molecule has 3 aliphatic heterocycles. The minimum absolute atomic E-state index is 0.0335. The summed E-state index contributed by atoms with van der Waals surface area (Å²) in [5.41, 5.74) is -4.23. The van der Waals surface area contributed by atoms with E-state index in [0.717, 1.165) is 11.9 Å². The molecule has 4 aliphatic carbocycles. The molecule has 0 aromatic carbocycles. The van der Waals surface area contributed by atoms with Crippen molar-refractivity contribution in [3.05, 3.63) is 11.6 Å². The van der Waals surface area contributed by atoms with Crippen molar-refractivity contribution in [1.82, 2.24) is 0 Å². The standard InChI is InChI=1S/C35H52O16/c1-15-29(51-31-27(43)25(41)24(40)21(12-36)50-31)26(42)28(44)30(48-15)49-17-3-6-33(14-37)23-19(4-7-34(33,45)10-17)35(46)8-5-18(16-9-22(39)47-13-16)32(35,2)11-20(23)38/h9,14-15,17-21,23-31,36,38,40-46H,3-8,10-13H2,1-2H3/t15-,17+,18-,19-,20-,21-,23-,24-,25-,26?,27-,28?,29-,30+,31+,32-,33+,34+,35+/m1/s1. The second-order valence-electron chi connectivity index (χ2n) is 16.4. The molecule has 51 heavy (non-hydrogen) atoms. The predicted molar refractivity (Wildman–Crippen MR) is 169 cm³/mol. The molecule has 0 aromatic heterocycles. The van der Waals surface area contributed by atoms with Crippen molar-refractivity contribution >= 4 is 12.3 Å². The van der Waals surface area contributed by atoms with Crippen LogP contribution in [0.15, 0.2) is 11.6 Å². The molecule has 7 rings (SSSR count). The Kier molecular flexibility index (Phi) is 9.81. The first-order chi connectivity index (χ1) is 24.0. The van der Waals surface area contributed by atoms with Crippen LogP contribution < -0.4 is 0 Å². The monoisotopic (exact) mass is 728 g/mol. The number of carbonyl (C=O) groups is 2. The lowest BCUT2D eigenvalue weighted by Crippen LogP contribution is -2.72. The van der Waals surface area contributed by atoms with Gasteiger partial charge in [-0.25, -0.2) is 4.79 Å². The van der Waals surface area contributed by atoms with Gasteiger partial charge in [-0.2, -0.15) is 0 Å². The maximum Gasteiger partial charge on any atom is 0.331 e. The molecule has 9 N–H and O–H groups in total. The van der Waals surface area contributed by atoms with Crippen molar-refractivity contribution in [2.75, 3.05) is 13.2 Å². The normalized spacial score (nSPS) is 55.6. The first-order valence-electron chi connectivity index (χ1n) is 18.1. The zero-order valence-corrected chi connectivity index (χ0v) is 28.8. The second-order valence-corrected chi connectivity index (χ2v) is 16.4. The van der Waals surface area contributed by atoms with Crippen LogP contribution in [-0.2, 0) is 33.3 Å². The van der Waals surface area contributed by atoms with Gasteiger partial charge in [-0.15, -0.1) is 0 Å². The van der Waals surface area contributed by atoms with E-state index in [4.69, 9.17) is 23.7 Å². The first-order valence-corrected chi connectivity index (χ1v) is 18.1. The molecule has 0 aromatic rings. The summed E-state index contributed by atoms with van der Waals surface area (Å²) in [7, 11) is 0. The molecule has 0 bridgehead atoms. The summed E-state index contributed by atoms with van der Waals surface area (Å²) in [4.78, 5) is 25.1. The van der Waals surface area contributed by atoms with Gasteiger partial charge in [0.25, 0.3) is 0 Å². The van der Waals surface area contributed by atoms with E-state index in [1.54, 1.807) is 0 Å². The minimum Gasteiger partial charge on any atom is -0.458 e. The summed E-state index contributed by atoms with van der Waals surface area (Å²) in [5, 5.41) is 98.8. The Morgan fingerprint density at radius 2 is 1.59 bits per heavy atom. The van der Waals surface area contributed by atoms with Crippen molar-refractivity contribution in [1.29, 1.82) is 0 Å². The Morgan fingerprint density at radius 1 is 0.882 bits per heavy atom. The highest BCUT2D eigenvalue weighted by Gasteiger charge is 2.74. The highest BCUT2D eigenvalue weighted by Crippen LogP contribution is 2.70. The zero-order valence-electron chi connectivity index (χ0n) is 28.8. The van der Waals surface area contributed by atoms with Crippen LogP contribution in [0, 0.1) is 28.6 Å². The average Bonchev–Trinajstić information content (AvgIpc) is 3.63. The van der Waals surface area contributed by atoms with Crippen LogP contribution >= 0.6 is 0 Å². The number of hydrogen-bond acceptors (Lipinski definition) is 16. The summed E-state index contributed by atoms with van der Waals surface area (Å²) < 4.78 is 28.3. The van der Waals surface area contributed by atoms with E-state index in [0.29, 0.717) is 19.3 Å². The molecule has 7 aliphatic rings. The molecular formula is C35H52O16. The van der Waals surface area contributed by atoms with Gasteiger partial charge < -0.3 is 74.4 Å². The fourth-order valence-corrected chi connectivity index (χ4v) is 11.3. The van der Waals surface area contributed by atoms with Crippen LogP contribution in [0.2, 0.25) is 0 Å². The van der Waals surface area contributed by atoms with E-state index in [1.807, 2.05) is 6.92 Å². The van der Waals surface area contributed by atoms with Gasteiger partial charge in [0, 0.05) is 23.8 Å². The molecule has 6 fully saturated rings. The summed E-state index contributed by atoms with van der Waals surface area (Å²) >= 11 is 0. The summed E-state index contributed by atoms with van der Waals surface area (Å²) in [6, 6.07) is 0. The number of cyclic esters (lactones) is 1. The maximum atomic E-state index is 13.2. The van der Waals surface area contributed by atoms with Crippen LogP contribution in [0.3, 0.4) is 0 Å². The molecule has 2 unspecified atom stereocenters. The topological polar surface area (TPSA) is 262 Å². The van der Waals surface area contributed by atoms with E-state index in [9.17, 15) is 55.5 Å². The van der Waals surface area contributed by atoms with Crippen molar-refractivity contribution in [3.63, 3.8) is 0 Å². The molecule has 4 saturated carbocycles. The van der Waals surface area contributed by atoms with E-state index in [2.05, 4.69) is 0 Å². The van der Waals surface area contributed by atoms with E-state index in [-0.39, 0.29) is 44.6 Å². The lowest BCUT2D eigenvalue weighted by molar-refractivity contribution is -0.361. The van der Waals surface area contributed by atoms with E-state index < -0.39 is 120 Å². The number of hydrogen-bond donors (Lipinski definition) is 9. The number of ether oxygens (including phenoxy) is 5. The smallest absolute Gasteiger partial charge is 0.331 e. The number of carbonyl (C=O) groups excluding carboxylic acids is 2. The summed E-state index contributed by atoms with van der Waals surface area (Å²) in [6.07, 6.45) is -12.3. The van der Waals surface area contributed by atoms with Crippen LogP contribution in [-0.4, -0.2) is 156 Å². The Morgan fingerprint density at radius 3 is 2.25 bits per heavy atom. The number of aldehydes is 1. The molecule has 0 radical (unpaired) electrons. The Hall–Kier alpha value is -1.64. The molecule has 3 heterocycles. The van der Waals surface area contributed by atoms with Gasteiger partial charge in [0.15, 0.2) is 12.6 Å². The highest BCUT2D eigenvalue weighted by molar-refractivity contribution is 5.85. The maximum absolute atomic E-state index is 13.2. The first kappa shape index (κ1) is 37.7. The SMILES string of the molecule is C[C@H]1O[C@@H](O[C@H]2CC[C@]3(C=O)[C@H]4[C@H](O)C[C@]5(C)[C@@H](C6=CC(=O)OC6)CC[C@]5(O)[C@@H]4CC[C@]3(O)C2)C(O)C(O)[C@@H]1O[C@@H]1O[C@H](CO)[C@@H](O)[C@@H](O)[C@H]1O. The molecule has 0 amide bonds. The molecule has 2 saturated heterocycles. The molecule has 288 valence electrons. The molecule has 16 nitrogen and oxygen atoms in total. The summed E-state index contributed by atoms with van der Waals surface area (Å²) in [5.74, 6) is -1.82. The number of fused-ring (bicyclic) bond motifs is 5. The Balaban J connectivity index is 1.04. The Bertz CT molecular complexity index is 1380. The number of aliphatic hydroxyl groups excluding tert-OH is 7. The second kappa shape index (κ2) is 13.3. The molecule has 19 atom stereocenters. The van der Waals surface area contributed by atoms with Crippen molar-refractivity contribution in [2.45, 2.75) is 150 Å². The van der Waals surface area contributed by atoms with Crippen molar-refractivity contribution < 1.29 is 79.2 Å². The third-order valence-electron chi connectivity index (χ3n) is 14.0. The van der Waals surface area contributed by atoms with E-state index >= 15 is 0 Å². The fourth-order valence-electron chi connectivity index (χ4n) is 11.3. The number of aliphatic hydroxyl groups is 9. The van der Waals surface area contributed by atoms with E-state index in [1.165, 1.54) is 13.0 Å². The van der Waals surface area contributed by atoms with Gasteiger partial charge in [0.1, 0.15) is 55.6 Å². The molecular weight excluding hydrogens is 676 g/mol. The minimum atomic E-state index is -1.73. The molecule has 16 heteroatoms. The van der Waals surface area contributed by atoms with Crippen LogP contribution in [0.4, 0.5) is 0 Å². The quantitative estimate of drug-likeness (QED) is 0.0748. The van der Waals surface area contributed by atoms with Gasteiger partial charge in [0.05, 0.1) is 41.5 Å². The third-order valence-corrected chi connectivity index (χ3v) is 14.0. The molecule has 0 spiro atoms. The van der Waals surface area contributed by atoms with Crippen LogP contribution in [0.5, 0.6) is 0 Å². The lowest BCUT2D eigenvalue weighted by Gasteiger charge is -2.66. The van der Waals surface area contributed by atoms with Crippen molar-refractivity contribution in [2.24, 2.45) is 28.6 Å². The third kappa shape index (κ3) is 5.59. The predicted octanol–water partition coefficient (Wildman–Crippen LogP) is -2.45. The van der Waals surface area contributed by atoms with Gasteiger partial charge >= 0.3 is 5.97 Å². The zero-order chi connectivity index (χ0) is 36.8. The Labute approximate surface area is 294 Å². The fraction of sp³-hybridized carbons (Fsp3) is 0.886. The van der Waals surface area contributed by atoms with Crippen LogP contribution in [0.1, 0.15) is 65.2 Å². The average molecular weight is 729 g/mol. The van der Waals surface area contributed by atoms with Crippen molar-refractivity contribution in [3.8, 4) is 0 Å². The summed E-state index contributed by atoms with van der Waals surface area (Å²) in [6.45, 7) is 2.94. The lowest BCUT2D eigenvalue weighted by atomic mass is 9.41. The van der Waals surface area contributed by atoms with Gasteiger partial charge in [-0.05, 0) is 69.3 Å². The number of rotatable bonds is 7.